The second-order valence-corrected chi connectivity index (χ2v) is 8.46. The molecular weight excluding hydrogens is 374 g/mol. The van der Waals surface area contributed by atoms with Crippen molar-refractivity contribution in [1.82, 2.24) is 4.90 Å². The summed E-state index contributed by atoms with van der Waals surface area (Å²) < 4.78 is 6.35. The van der Waals surface area contributed by atoms with Gasteiger partial charge in [0.2, 0.25) is 0 Å². The van der Waals surface area contributed by atoms with Crippen molar-refractivity contribution in [3.05, 3.63) is 69.8 Å². The average Bonchev–Trinajstić information content (AvgIpc) is 2.80. The number of aryl methyl sites for hydroxylation is 2. The third-order valence-corrected chi connectivity index (χ3v) is 6.30. The molecule has 0 fully saturated rings. The van der Waals surface area contributed by atoms with Crippen molar-refractivity contribution in [2.45, 2.75) is 59.6 Å². The molecule has 0 saturated heterocycles. The topological polar surface area (TPSA) is 49.8 Å². The molecule has 30 heavy (non-hydrogen) atoms. The van der Waals surface area contributed by atoms with Crippen molar-refractivity contribution in [3.63, 3.8) is 0 Å². The summed E-state index contributed by atoms with van der Waals surface area (Å²) in [6, 6.07) is 10.7. The van der Waals surface area contributed by atoms with Gasteiger partial charge in [0.05, 0.1) is 6.42 Å². The van der Waals surface area contributed by atoms with Crippen molar-refractivity contribution in [2.75, 3.05) is 13.6 Å². The lowest BCUT2D eigenvalue weighted by Crippen LogP contribution is -2.28. The fraction of sp³-hybridized carbons (Fsp3) is 0.423. The van der Waals surface area contributed by atoms with E-state index >= 15 is 0 Å². The van der Waals surface area contributed by atoms with E-state index in [1.165, 1.54) is 22.3 Å². The van der Waals surface area contributed by atoms with Gasteiger partial charge < -0.3 is 14.7 Å². The zero-order chi connectivity index (χ0) is 22.0. The first-order chi connectivity index (χ1) is 14.2. The number of carboxylic acids is 1. The molecule has 1 aliphatic rings. The Kier molecular flexibility index (Phi) is 6.67. The molecule has 0 bridgehead atoms. The predicted molar refractivity (Wildman–Crippen MR) is 331 cm³/mol. The molecule has 0 radical (unpaired) electrons. The first-order valence-corrected chi connectivity index (χ1v) is 10.7. The van der Waals surface area contributed by atoms with Crippen LogP contribution in [0.4, 0.5) is 0 Å². The van der Waals surface area contributed by atoms with Gasteiger partial charge in [-0.15, -0.1) is 0 Å². The van der Waals surface area contributed by atoms with Crippen molar-refractivity contribution in [2.24, 2.45) is 0 Å². The summed E-state index contributed by atoms with van der Waals surface area (Å²) in [6.07, 6.45) is 3.13. The van der Waals surface area contributed by atoms with Gasteiger partial charge in [-0.2, -0.15) is 0 Å². The SMILES string of the molecule is CCN(C)C(C)C/C=C1\c2cc(CC(=O)O)ccc2OC(C)c2cc(C)c(C)cc21.[HH].[HH].[HH].[HH].[HH].[HH].[HH].[HH].[HH].[HH].[HH].[HH].[HH].[HH].[HH].[HH].[HH].[HH].[HH].[HH].[HH].[HH].[HH].[HH].[HH].[HH].[HH].[HH].[HH].[HH].[HH].[HH].[HH].[HH].[HH].[HH].[HH].[HH].[HH].[HH].[HH].[HH].[HH].[HH].[HH].[HH].[HH].[HH].[HH].[HH].[HH].[HH].[HH].[HH].[HH].[HH].[HH].[HH].[HH].[HH].[HH].[HH].[HH].[HH].[HH].[HH].[HH].[HH].[HH].[HH].[HH].[HH].[HH].[HH].[HH].[HH].[HH].[HH].[HH].[HH].[HH].[HH].[HH].[HH].[HH].[HH].[HH].[HH].[HH].[HH].[HH].[HH].[HH].[HH].[HH].[HH].[HH].[HH].[HH]. The number of nitrogens with zero attached hydrogens (tertiary/aromatic N) is 1. The smallest absolute Gasteiger partial charge is 0.307 e. The van der Waals surface area contributed by atoms with Crippen molar-refractivity contribution >= 4 is 11.5 Å². The molecule has 1 N–H and O–H groups in total. The van der Waals surface area contributed by atoms with Gasteiger partial charge in [-0.05, 0) is 87.7 Å². The summed E-state index contributed by atoms with van der Waals surface area (Å²) in [7, 11) is 2.14. The highest BCUT2D eigenvalue weighted by Crippen LogP contribution is 2.42. The van der Waals surface area contributed by atoms with E-state index in [1.807, 2.05) is 18.2 Å². The zero-order valence-corrected chi connectivity index (χ0v) is 19.0. The molecular formula is C26H231NO3. The summed E-state index contributed by atoms with van der Waals surface area (Å²) in [4.78, 5) is 13.6. The number of ether oxygens (including phenoxy) is 1. The Bertz CT molecular complexity index is 1080. The number of rotatable bonds is 6. The van der Waals surface area contributed by atoms with Crippen LogP contribution in [0.1, 0.15) is 208 Å². The maximum Gasteiger partial charge on any atom is 0.307 e. The number of carboxylic acid groups (broad SMARTS) is 1. The normalized spacial score (nSPS) is 17.8. The van der Waals surface area contributed by atoms with E-state index in [0.717, 1.165) is 35.4 Å². The first-order valence-electron chi connectivity index (χ1n) is 10.7. The third kappa shape index (κ3) is 4.59. The molecule has 3 rings (SSSR count). The van der Waals surface area contributed by atoms with Crippen LogP contribution in [0, 0.1) is 13.8 Å². The van der Waals surface area contributed by atoms with E-state index in [1.54, 1.807) is 0 Å². The summed E-state index contributed by atoms with van der Waals surface area (Å²) in [6.45, 7) is 11.8. The Morgan fingerprint density at radius 2 is 1.93 bits per heavy atom. The van der Waals surface area contributed by atoms with Crippen LogP contribution in [0.2, 0.25) is 0 Å². The molecule has 2 atom stereocenters. The summed E-state index contributed by atoms with van der Waals surface area (Å²) in [5.74, 6) is -0.0145. The Morgan fingerprint density at radius 1 is 1.23 bits per heavy atom. The van der Waals surface area contributed by atoms with Crippen LogP contribution in [-0.4, -0.2) is 35.6 Å². The predicted octanol–water partition coefficient (Wildman–Crippen LogP) is 29.9. The lowest BCUT2D eigenvalue weighted by atomic mass is 9.88. The van der Waals surface area contributed by atoms with E-state index in [9.17, 15) is 9.90 Å². The first kappa shape index (κ1) is 22.1. The molecule has 1 heterocycles. The molecule has 4 nitrogen and oxygen atoms in total. The molecule has 1 aliphatic heterocycles. The Labute approximate surface area is 327 Å². The van der Waals surface area contributed by atoms with Gasteiger partial charge in [-0.1, -0.05) is 31.2 Å². The number of hydrogen-bond donors (Lipinski definition) is 1. The largest absolute Gasteiger partial charge is 0.485 e. The van der Waals surface area contributed by atoms with Gasteiger partial charge >= 0.3 is 5.97 Å². The van der Waals surface area contributed by atoms with Gasteiger partial charge in [-0.3, -0.25) is 4.79 Å². The minimum Gasteiger partial charge on any atom is -0.485 e. The minimum absolute atomic E-state index is 0. The maximum absolute atomic E-state index is 11.3. The van der Waals surface area contributed by atoms with Crippen molar-refractivity contribution < 1.29 is 156 Å². The highest BCUT2D eigenvalue weighted by Gasteiger charge is 2.25. The maximum atomic E-state index is 11.3. The number of carbonyl (C=O) groups is 1. The minimum atomic E-state index is -0.826. The number of fused-ring (bicyclic) bond motifs is 2. The van der Waals surface area contributed by atoms with Crippen molar-refractivity contribution in [1.29, 1.82) is 0 Å². The van der Waals surface area contributed by atoms with Crippen LogP contribution < -0.4 is 4.74 Å². The second kappa shape index (κ2) is 9.05. The van der Waals surface area contributed by atoms with Gasteiger partial charge in [0.25, 0.3) is 0 Å². The van der Waals surface area contributed by atoms with Crippen LogP contribution in [0.15, 0.2) is 36.4 Å². The van der Waals surface area contributed by atoms with Crippen LogP contribution >= 0.6 is 0 Å². The van der Waals surface area contributed by atoms with Crippen LogP contribution in [0.25, 0.3) is 5.57 Å². The monoisotopic (exact) mass is 607 g/mol. The molecule has 0 aromatic heterocycles. The van der Waals surface area contributed by atoms with E-state index < -0.39 is 5.97 Å². The standard InChI is InChI=1S/C26H33NO3.99H2/c1-7-27(6)18(4)8-10-21-23-13-17(3)16(2)12-22(23)19(5)30-25-11-9-20(14-24(21)25)15-26(28)29;;;;;;;;;;;;;;;;;;;;;;;;;;;;;;;;;;;;;;;;;;;;;;;;;;;;;;;;;;;;;;;;;;;;;;;;;;;;;;;;;;;;;;;;;;;;;;;;;;;/h9-14,18-19H,7-8,15H2,1-6H3,(H,28,29);99*1H/b21-10-;;;;;;;;;;;;;;;;;;;;;;;;;;;;;;;;;;;;;;;;;;;;;;;;;;;;;;;;;;;;;;;;;;;;;;;;;;;;;;;;;;;;;;;;;;;;;;;;;;;. The number of benzene rings is 2. The fourth-order valence-electron chi connectivity index (χ4n) is 3.98. The van der Waals surface area contributed by atoms with E-state index in [4.69, 9.17) is 4.74 Å². The zero-order valence-electron chi connectivity index (χ0n) is 19.0. The van der Waals surface area contributed by atoms with Crippen LogP contribution in [-0.2, 0) is 11.2 Å². The van der Waals surface area contributed by atoms with Gasteiger partial charge in [-0.25, -0.2) is 0 Å². The highest BCUT2D eigenvalue weighted by atomic mass is 16.5. The van der Waals surface area contributed by atoms with E-state index in [0.29, 0.717) is 6.04 Å². The Hall–Kier alpha value is -2.59. The second-order valence-electron chi connectivity index (χ2n) is 8.46. The lowest BCUT2D eigenvalue weighted by Gasteiger charge is -2.22. The number of hydrogen-bond acceptors (Lipinski definition) is 3. The molecule has 358 valence electrons. The molecule has 0 saturated carbocycles. The Morgan fingerprint density at radius 3 is 2.60 bits per heavy atom. The quantitative estimate of drug-likeness (QED) is 0.355. The number of aliphatic carboxylic acids is 1. The van der Waals surface area contributed by atoms with Crippen LogP contribution in [0.3, 0.4) is 0 Å². The summed E-state index contributed by atoms with van der Waals surface area (Å²) in [5, 5.41) is 9.27. The molecule has 0 aliphatic carbocycles. The fourth-order valence-corrected chi connectivity index (χ4v) is 3.98. The molecule has 0 amide bonds. The Balaban J connectivity index is -0.00000000109. The average molecular weight is 607 g/mol. The molecule has 4 heteroatoms. The van der Waals surface area contributed by atoms with Gasteiger partial charge in [0.15, 0.2) is 0 Å². The van der Waals surface area contributed by atoms with Crippen molar-refractivity contribution in [3.8, 4) is 5.75 Å². The van der Waals surface area contributed by atoms with Gasteiger partial charge in [0, 0.05) is 158 Å². The lowest BCUT2D eigenvalue weighted by molar-refractivity contribution is -0.136. The van der Waals surface area contributed by atoms with Gasteiger partial charge in [0.1, 0.15) is 11.9 Å². The molecule has 2 aromatic rings. The molecule has 2 aromatic carbocycles. The third-order valence-electron chi connectivity index (χ3n) is 6.30. The molecule has 2 unspecified atom stereocenters. The van der Waals surface area contributed by atoms with E-state index in [2.05, 4.69) is 64.8 Å². The highest BCUT2D eigenvalue weighted by molar-refractivity contribution is 5.86. The molecule has 0 spiro atoms. The summed E-state index contributed by atoms with van der Waals surface area (Å²) >= 11 is 0. The summed E-state index contributed by atoms with van der Waals surface area (Å²) in [5.41, 5.74) is 7.76. The van der Waals surface area contributed by atoms with E-state index in [-0.39, 0.29) is 154 Å². The van der Waals surface area contributed by atoms with Crippen LogP contribution in [0.5, 0.6) is 5.75 Å².